The fourth-order valence-electron chi connectivity index (χ4n) is 2.33. The van der Waals surface area contributed by atoms with Crippen molar-refractivity contribution in [3.8, 4) is 0 Å². The summed E-state index contributed by atoms with van der Waals surface area (Å²) < 4.78 is 0. The van der Waals surface area contributed by atoms with Gasteiger partial charge in [0, 0.05) is 19.1 Å². The van der Waals surface area contributed by atoms with Crippen LogP contribution in [0.4, 0.5) is 0 Å². The molecular weight excluding hydrogens is 308 g/mol. The zero-order valence-corrected chi connectivity index (χ0v) is 17.6. The minimum Gasteiger partial charge on any atom is -0.339 e. The number of hydrogen-bond donors (Lipinski definition) is 1. The van der Waals surface area contributed by atoms with Gasteiger partial charge in [0.05, 0.1) is 0 Å². The number of carbonyl (C=O) groups is 1. The highest BCUT2D eigenvalue weighted by Crippen LogP contribution is 2.15. The topological polar surface area (TPSA) is 32.3 Å². The third kappa shape index (κ3) is 10.8. The maximum Gasteiger partial charge on any atom is 0.245 e. The Hall–Kier alpha value is -1.61. The summed E-state index contributed by atoms with van der Waals surface area (Å²) in [6, 6.07) is 0.334. The summed E-state index contributed by atoms with van der Waals surface area (Å²) in [4.78, 5) is 12.8. The molecule has 0 aliphatic carbocycles. The number of likely N-dealkylation sites (N-methyl/N-ethyl adjacent to an activating group) is 1. The standard InChI is InChI=1S/C12H21N.C8H13NO.C2H6/c1-7-12(9(2)3)8-10(4)11(5)13-6;1-3-8(10)9-5-4-7(2)6-9;1-2/h8,11,13H,2,4,7H2,1,3,5-6H3;3,7H,1,4-6H2,2H3;1-2H3/b12-8+;;. The highest BCUT2D eigenvalue weighted by atomic mass is 16.2. The number of allylic oxidation sites excluding steroid dienone is 2. The molecule has 25 heavy (non-hydrogen) atoms. The Morgan fingerprint density at radius 1 is 1.36 bits per heavy atom. The summed E-state index contributed by atoms with van der Waals surface area (Å²) in [5.74, 6) is 0.744. The summed E-state index contributed by atoms with van der Waals surface area (Å²) >= 11 is 0. The van der Waals surface area contributed by atoms with Gasteiger partial charge < -0.3 is 10.2 Å². The van der Waals surface area contributed by atoms with Crippen LogP contribution in [0.2, 0.25) is 0 Å². The molecule has 0 aromatic heterocycles. The summed E-state index contributed by atoms with van der Waals surface area (Å²) in [6.07, 6.45) is 5.67. The van der Waals surface area contributed by atoms with Crippen LogP contribution in [0.25, 0.3) is 0 Å². The molecule has 2 atom stereocenters. The van der Waals surface area contributed by atoms with E-state index in [2.05, 4.69) is 51.9 Å². The van der Waals surface area contributed by atoms with Crippen LogP contribution in [0.3, 0.4) is 0 Å². The van der Waals surface area contributed by atoms with Crippen molar-refractivity contribution in [3.63, 3.8) is 0 Å². The third-order valence-corrected chi connectivity index (χ3v) is 4.19. The predicted molar refractivity (Wildman–Crippen MR) is 113 cm³/mol. The number of likely N-dealkylation sites (tertiary alicyclic amines) is 1. The first kappa shape index (κ1) is 25.6. The molecule has 2 unspecified atom stereocenters. The van der Waals surface area contributed by atoms with E-state index < -0.39 is 0 Å². The monoisotopic (exact) mass is 348 g/mol. The Balaban J connectivity index is 0. The first-order valence-corrected chi connectivity index (χ1v) is 9.40. The van der Waals surface area contributed by atoms with Crippen molar-refractivity contribution in [1.82, 2.24) is 10.2 Å². The molecule has 1 aliphatic rings. The molecule has 1 aliphatic heterocycles. The molecule has 1 amide bonds. The van der Waals surface area contributed by atoms with Gasteiger partial charge in [0.1, 0.15) is 0 Å². The first-order valence-electron chi connectivity index (χ1n) is 9.40. The van der Waals surface area contributed by atoms with E-state index in [-0.39, 0.29) is 5.91 Å². The number of hydrogen-bond acceptors (Lipinski definition) is 2. The van der Waals surface area contributed by atoms with Crippen molar-refractivity contribution in [2.75, 3.05) is 20.1 Å². The fraction of sp³-hybridized carbons (Fsp3) is 0.591. The second-order valence-electron chi connectivity index (χ2n) is 6.27. The maximum absolute atomic E-state index is 11.0. The SMILES string of the molecule is C=C(C)/C(=C/C(=C)C(C)NC)CC.C=CC(=O)N1CCC(C)C1.CC. The molecule has 0 aromatic rings. The van der Waals surface area contributed by atoms with Gasteiger partial charge in [-0.25, -0.2) is 0 Å². The van der Waals surface area contributed by atoms with E-state index in [9.17, 15) is 4.79 Å². The van der Waals surface area contributed by atoms with Crippen LogP contribution in [0.1, 0.15) is 54.4 Å². The van der Waals surface area contributed by atoms with E-state index in [4.69, 9.17) is 0 Å². The number of carbonyl (C=O) groups excluding carboxylic acids is 1. The zero-order valence-electron chi connectivity index (χ0n) is 17.6. The molecule has 1 heterocycles. The van der Waals surface area contributed by atoms with Crippen molar-refractivity contribution in [3.05, 3.63) is 48.6 Å². The Kier molecular flexibility index (Phi) is 15.1. The van der Waals surface area contributed by atoms with Gasteiger partial charge >= 0.3 is 0 Å². The summed E-state index contributed by atoms with van der Waals surface area (Å²) in [6.45, 7) is 25.6. The number of nitrogens with zero attached hydrogens (tertiary/aromatic N) is 1. The summed E-state index contributed by atoms with van der Waals surface area (Å²) in [5, 5.41) is 3.16. The molecule has 1 saturated heterocycles. The fourth-order valence-corrected chi connectivity index (χ4v) is 2.33. The Labute approximate surface area is 156 Å². The zero-order chi connectivity index (χ0) is 20.0. The van der Waals surface area contributed by atoms with E-state index in [0.29, 0.717) is 12.0 Å². The lowest BCUT2D eigenvalue weighted by Gasteiger charge is -2.12. The van der Waals surface area contributed by atoms with Gasteiger partial charge in [-0.15, -0.1) is 0 Å². The lowest BCUT2D eigenvalue weighted by Crippen LogP contribution is -2.26. The lowest BCUT2D eigenvalue weighted by molar-refractivity contribution is -0.125. The van der Waals surface area contributed by atoms with Crippen LogP contribution in [-0.4, -0.2) is 37.0 Å². The second kappa shape index (κ2) is 14.7. The largest absolute Gasteiger partial charge is 0.339 e. The van der Waals surface area contributed by atoms with E-state index in [1.807, 2.05) is 32.7 Å². The van der Waals surface area contributed by atoms with E-state index >= 15 is 0 Å². The van der Waals surface area contributed by atoms with E-state index in [1.165, 1.54) is 11.6 Å². The number of rotatable bonds is 6. The molecular formula is C22H40N2O. The summed E-state index contributed by atoms with van der Waals surface area (Å²) in [7, 11) is 1.94. The molecule has 1 N–H and O–H groups in total. The second-order valence-corrected chi connectivity index (χ2v) is 6.27. The average Bonchev–Trinajstić information content (AvgIpc) is 3.06. The van der Waals surface area contributed by atoms with Gasteiger partial charge in [0.2, 0.25) is 5.91 Å². The highest BCUT2D eigenvalue weighted by Gasteiger charge is 2.20. The van der Waals surface area contributed by atoms with Crippen molar-refractivity contribution < 1.29 is 4.79 Å². The van der Waals surface area contributed by atoms with Crippen LogP contribution in [0.5, 0.6) is 0 Å². The Bertz CT molecular complexity index is 463. The number of amides is 1. The van der Waals surface area contributed by atoms with Crippen LogP contribution >= 0.6 is 0 Å². The molecule has 0 saturated carbocycles. The van der Waals surface area contributed by atoms with Gasteiger partial charge in [0.25, 0.3) is 0 Å². The Morgan fingerprint density at radius 3 is 2.24 bits per heavy atom. The number of nitrogens with one attached hydrogen (secondary N) is 1. The molecule has 0 spiro atoms. The van der Waals surface area contributed by atoms with E-state index in [0.717, 1.165) is 37.1 Å². The molecule has 1 fully saturated rings. The van der Waals surface area contributed by atoms with Gasteiger partial charge in [-0.1, -0.05) is 59.1 Å². The lowest BCUT2D eigenvalue weighted by atomic mass is 10.0. The minimum atomic E-state index is 0.0735. The van der Waals surface area contributed by atoms with Gasteiger partial charge in [-0.2, -0.15) is 0 Å². The molecule has 0 bridgehead atoms. The summed E-state index contributed by atoms with van der Waals surface area (Å²) in [5.41, 5.74) is 3.53. The van der Waals surface area contributed by atoms with Crippen molar-refractivity contribution in [2.45, 2.75) is 60.4 Å². The first-order chi connectivity index (χ1) is 11.8. The molecule has 1 rings (SSSR count). The quantitative estimate of drug-likeness (QED) is 0.533. The molecule has 0 radical (unpaired) electrons. The van der Waals surface area contributed by atoms with E-state index in [1.54, 1.807) is 0 Å². The van der Waals surface area contributed by atoms with Crippen LogP contribution in [0.15, 0.2) is 48.6 Å². The van der Waals surface area contributed by atoms with Crippen LogP contribution in [-0.2, 0) is 4.79 Å². The molecule has 0 aromatic carbocycles. The van der Waals surface area contributed by atoms with Crippen molar-refractivity contribution in [1.29, 1.82) is 0 Å². The average molecular weight is 349 g/mol. The van der Waals surface area contributed by atoms with Crippen molar-refractivity contribution >= 4 is 5.91 Å². The van der Waals surface area contributed by atoms with Gasteiger partial charge in [-0.05, 0) is 56.9 Å². The molecule has 3 nitrogen and oxygen atoms in total. The van der Waals surface area contributed by atoms with Crippen LogP contribution < -0.4 is 5.32 Å². The Morgan fingerprint density at radius 2 is 1.92 bits per heavy atom. The normalized spacial score (nSPS) is 17.5. The minimum absolute atomic E-state index is 0.0735. The van der Waals surface area contributed by atoms with Gasteiger partial charge in [-0.3, -0.25) is 4.79 Å². The van der Waals surface area contributed by atoms with Crippen molar-refractivity contribution in [2.24, 2.45) is 5.92 Å². The smallest absolute Gasteiger partial charge is 0.245 e. The third-order valence-electron chi connectivity index (χ3n) is 4.19. The molecule has 144 valence electrons. The highest BCUT2D eigenvalue weighted by molar-refractivity contribution is 5.87. The predicted octanol–water partition coefficient (Wildman–Crippen LogP) is 5.13. The van der Waals surface area contributed by atoms with Gasteiger partial charge in [0.15, 0.2) is 0 Å². The van der Waals surface area contributed by atoms with Crippen LogP contribution in [0, 0.1) is 5.92 Å². The maximum atomic E-state index is 11.0. The molecule has 3 heteroatoms.